The van der Waals surface area contributed by atoms with Gasteiger partial charge in [0, 0.05) is 0 Å². The van der Waals surface area contributed by atoms with Gasteiger partial charge in [0.1, 0.15) is 17.4 Å². The number of nitriles is 1. The van der Waals surface area contributed by atoms with Crippen LogP contribution in [0.25, 0.3) is 16.6 Å². The molecular weight excluding hydrogens is 446 g/mol. The maximum Gasteiger partial charge on any atom is 0.192 e. The molecule has 2 N–H and O–H groups in total. The number of hydrogen-bond acceptors (Lipinski definition) is 7. The molecular formula is C25H27N7OS. The van der Waals surface area contributed by atoms with E-state index >= 15 is 0 Å². The summed E-state index contributed by atoms with van der Waals surface area (Å²) in [6, 6.07) is 19.9. The number of aliphatic hydroxyl groups is 1. The van der Waals surface area contributed by atoms with E-state index in [0.29, 0.717) is 17.5 Å². The van der Waals surface area contributed by atoms with Gasteiger partial charge < -0.3 is 14.7 Å². The molecule has 9 heteroatoms. The summed E-state index contributed by atoms with van der Waals surface area (Å²) in [5.41, 5.74) is 2.82. The van der Waals surface area contributed by atoms with Crippen molar-refractivity contribution >= 4 is 28.4 Å². The number of fused-ring (bicyclic) bond motifs is 1. The second kappa shape index (κ2) is 10.5. The number of nitrogens with zero attached hydrogens (tertiary/aromatic N) is 6. The van der Waals surface area contributed by atoms with Crippen molar-refractivity contribution in [3.8, 4) is 6.07 Å². The van der Waals surface area contributed by atoms with Crippen LogP contribution in [0, 0.1) is 11.3 Å². The number of rotatable bonds is 9. The van der Waals surface area contributed by atoms with Crippen molar-refractivity contribution in [1.82, 2.24) is 29.6 Å². The fourth-order valence-electron chi connectivity index (χ4n) is 3.88. The first-order chi connectivity index (χ1) is 16.5. The predicted molar refractivity (Wildman–Crippen MR) is 134 cm³/mol. The summed E-state index contributed by atoms with van der Waals surface area (Å²) in [4.78, 5) is 9.69. The standard InChI is InChI=1S/C25H27N7OS/c1-4-21(31(2)3)24-29-30-25(32(24)15-17-10-6-5-7-11-17)34-16-22(33)18(14-26)23-27-19-12-8-9-13-20(19)28-23/h5-13,21,33H,4,15-16H2,1-3H3,(H,27,28)/b22-18-. The van der Waals surface area contributed by atoms with Gasteiger partial charge in [0.15, 0.2) is 16.8 Å². The average molecular weight is 474 g/mol. The number of H-pyrrole nitrogens is 1. The minimum absolute atomic E-state index is 0.0537. The maximum absolute atomic E-state index is 10.8. The number of thioether (sulfide) groups is 1. The number of imidazole rings is 1. The maximum atomic E-state index is 10.8. The number of aromatic nitrogens is 5. The molecule has 0 fully saturated rings. The van der Waals surface area contributed by atoms with E-state index < -0.39 is 0 Å². The zero-order chi connectivity index (χ0) is 24.1. The second-order valence-electron chi connectivity index (χ2n) is 8.12. The zero-order valence-electron chi connectivity index (χ0n) is 19.4. The van der Waals surface area contributed by atoms with Crippen LogP contribution in [0.4, 0.5) is 0 Å². The Morgan fingerprint density at radius 2 is 1.88 bits per heavy atom. The van der Waals surface area contributed by atoms with E-state index in [-0.39, 0.29) is 23.1 Å². The molecule has 34 heavy (non-hydrogen) atoms. The monoisotopic (exact) mass is 473 g/mol. The van der Waals surface area contributed by atoms with Crippen LogP contribution in [0.1, 0.15) is 36.6 Å². The van der Waals surface area contributed by atoms with Crippen LogP contribution in [0.3, 0.4) is 0 Å². The molecule has 4 aromatic rings. The lowest BCUT2D eigenvalue weighted by atomic mass is 10.2. The summed E-state index contributed by atoms with van der Waals surface area (Å²) < 4.78 is 2.09. The zero-order valence-corrected chi connectivity index (χ0v) is 20.3. The minimum atomic E-state index is -0.0537. The van der Waals surface area contributed by atoms with Gasteiger partial charge in [-0.15, -0.1) is 10.2 Å². The molecule has 0 radical (unpaired) electrons. The van der Waals surface area contributed by atoms with E-state index in [9.17, 15) is 10.4 Å². The van der Waals surface area contributed by atoms with E-state index in [1.54, 1.807) is 0 Å². The smallest absolute Gasteiger partial charge is 0.192 e. The van der Waals surface area contributed by atoms with Crippen LogP contribution >= 0.6 is 11.8 Å². The van der Waals surface area contributed by atoms with Crippen LogP contribution in [-0.4, -0.2) is 54.6 Å². The van der Waals surface area contributed by atoms with Crippen LogP contribution in [-0.2, 0) is 6.54 Å². The molecule has 0 saturated heterocycles. The van der Waals surface area contributed by atoms with E-state index in [1.807, 2.05) is 56.6 Å². The Balaban J connectivity index is 1.63. The van der Waals surface area contributed by atoms with Crippen molar-refractivity contribution < 1.29 is 5.11 Å². The first kappa shape index (κ1) is 23.5. The van der Waals surface area contributed by atoms with Gasteiger partial charge in [-0.3, -0.25) is 4.90 Å². The Bertz CT molecular complexity index is 1300. The highest BCUT2D eigenvalue weighted by atomic mass is 32.2. The number of allylic oxidation sites excluding steroid dienone is 1. The van der Waals surface area contributed by atoms with Gasteiger partial charge in [-0.05, 0) is 38.2 Å². The molecule has 4 rings (SSSR count). The molecule has 174 valence electrons. The fraction of sp³-hybridized carbons (Fsp3) is 0.280. The number of nitrogens with one attached hydrogen (secondary N) is 1. The van der Waals surface area contributed by atoms with Gasteiger partial charge in [-0.25, -0.2) is 4.98 Å². The molecule has 0 aliphatic rings. The van der Waals surface area contributed by atoms with E-state index in [1.165, 1.54) is 11.8 Å². The lowest BCUT2D eigenvalue weighted by molar-refractivity contribution is 0.272. The highest BCUT2D eigenvalue weighted by Gasteiger charge is 2.23. The molecule has 0 amide bonds. The number of aliphatic hydroxyl groups excluding tert-OH is 1. The normalized spacial score (nSPS) is 13.1. The Hall–Kier alpha value is -3.61. The molecule has 0 aliphatic carbocycles. The van der Waals surface area contributed by atoms with Gasteiger partial charge in [-0.2, -0.15) is 5.26 Å². The SMILES string of the molecule is CCC(c1nnc(SC/C(O)=C(\C#N)c2nc3ccccc3[nH]2)n1Cc1ccccc1)N(C)C. The third kappa shape index (κ3) is 4.98. The largest absolute Gasteiger partial charge is 0.510 e. The predicted octanol–water partition coefficient (Wildman–Crippen LogP) is 4.80. The number of hydrogen-bond donors (Lipinski definition) is 2. The molecule has 1 atom stereocenters. The Labute approximate surface area is 203 Å². The highest BCUT2D eigenvalue weighted by Crippen LogP contribution is 2.28. The van der Waals surface area contributed by atoms with Gasteiger partial charge in [0.05, 0.1) is 29.4 Å². The van der Waals surface area contributed by atoms with Crippen LogP contribution < -0.4 is 0 Å². The third-order valence-electron chi connectivity index (χ3n) is 5.60. The van der Waals surface area contributed by atoms with Crippen LogP contribution in [0.5, 0.6) is 0 Å². The number of para-hydroxylation sites is 2. The van der Waals surface area contributed by atoms with E-state index in [4.69, 9.17) is 0 Å². The van der Waals surface area contributed by atoms with Crippen molar-refractivity contribution in [2.45, 2.75) is 31.1 Å². The van der Waals surface area contributed by atoms with Gasteiger partial charge in [0.25, 0.3) is 0 Å². The molecule has 0 aliphatic heterocycles. The third-order valence-corrected chi connectivity index (χ3v) is 6.58. The highest BCUT2D eigenvalue weighted by molar-refractivity contribution is 7.99. The quantitative estimate of drug-likeness (QED) is 0.204. The summed E-state index contributed by atoms with van der Waals surface area (Å²) >= 11 is 1.35. The summed E-state index contributed by atoms with van der Waals surface area (Å²) in [6.07, 6.45) is 0.889. The van der Waals surface area contributed by atoms with Crippen molar-refractivity contribution in [1.29, 1.82) is 5.26 Å². The topological polar surface area (TPSA) is 107 Å². The molecule has 2 aromatic heterocycles. The molecule has 8 nitrogen and oxygen atoms in total. The van der Waals surface area contributed by atoms with Crippen molar-refractivity contribution in [2.75, 3.05) is 19.8 Å². The van der Waals surface area contributed by atoms with Crippen molar-refractivity contribution in [2.24, 2.45) is 0 Å². The lowest BCUT2D eigenvalue weighted by Gasteiger charge is -2.23. The van der Waals surface area contributed by atoms with E-state index in [0.717, 1.165) is 28.8 Å². The molecule has 2 heterocycles. The van der Waals surface area contributed by atoms with Gasteiger partial charge in [0.2, 0.25) is 0 Å². The van der Waals surface area contributed by atoms with Crippen molar-refractivity contribution in [3.05, 3.63) is 77.6 Å². The number of benzene rings is 2. The molecule has 0 saturated carbocycles. The minimum Gasteiger partial charge on any atom is -0.510 e. The average Bonchev–Trinajstić information content (AvgIpc) is 3.43. The Morgan fingerprint density at radius 3 is 2.56 bits per heavy atom. The molecule has 1 unspecified atom stereocenters. The molecule has 2 aromatic carbocycles. The van der Waals surface area contributed by atoms with Crippen molar-refractivity contribution in [3.63, 3.8) is 0 Å². The Morgan fingerprint density at radius 1 is 1.15 bits per heavy atom. The number of aromatic amines is 1. The summed E-state index contributed by atoms with van der Waals surface area (Å²) in [5.74, 6) is 1.35. The van der Waals surface area contributed by atoms with Gasteiger partial charge in [-0.1, -0.05) is 61.2 Å². The second-order valence-corrected chi connectivity index (χ2v) is 9.07. The van der Waals surface area contributed by atoms with E-state index in [2.05, 4.69) is 54.8 Å². The molecule has 0 spiro atoms. The summed E-state index contributed by atoms with van der Waals surface area (Å²) in [7, 11) is 4.06. The first-order valence-corrected chi connectivity index (χ1v) is 12.0. The summed E-state index contributed by atoms with van der Waals surface area (Å²) in [6.45, 7) is 2.75. The molecule has 0 bridgehead atoms. The Kier molecular flexibility index (Phi) is 7.30. The van der Waals surface area contributed by atoms with Crippen LogP contribution in [0.15, 0.2) is 65.5 Å². The first-order valence-electron chi connectivity index (χ1n) is 11.0. The lowest BCUT2D eigenvalue weighted by Crippen LogP contribution is -2.23. The van der Waals surface area contributed by atoms with Gasteiger partial charge >= 0.3 is 0 Å². The summed E-state index contributed by atoms with van der Waals surface area (Å²) in [5, 5.41) is 30.1. The van der Waals surface area contributed by atoms with Crippen LogP contribution in [0.2, 0.25) is 0 Å². The fourth-order valence-corrected chi connectivity index (χ4v) is 4.70.